The number of nitrogens with zero attached hydrogens (tertiary/aromatic N) is 2. The molecule has 0 aliphatic rings. The minimum absolute atomic E-state index is 0.264. The van der Waals surface area contributed by atoms with Crippen LogP contribution in [-0.4, -0.2) is 22.4 Å². The van der Waals surface area contributed by atoms with Gasteiger partial charge in [0.1, 0.15) is 11.5 Å². The SMILES string of the molecule is Cc1cc(C(=O)NCCc2ccccc2F)nc(NCc2ccc(Cl)cc2)n1. The van der Waals surface area contributed by atoms with E-state index in [1.165, 1.54) is 6.07 Å². The standard InChI is InChI=1S/C21H20ClFN4O/c1-14-12-19(20(28)24-11-10-16-4-2-3-5-18(16)23)27-21(26-14)25-13-15-6-8-17(22)9-7-15/h2-9,12H,10-11,13H2,1H3,(H,24,28)(H,25,26,27). The van der Waals surface area contributed by atoms with Crippen LogP contribution in [0.1, 0.15) is 27.3 Å². The number of aromatic nitrogens is 2. The van der Waals surface area contributed by atoms with Crippen LogP contribution in [0.15, 0.2) is 54.6 Å². The van der Waals surface area contributed by atoms with E-state index in [2.05, 4.69) is 20.6 Å². The van der Waals surface area contributed by atoms with Gasteiger partial charge >= 0.3 is 0 Å². The third-order valence-electron chi connectivity index (χ3n) is 4.09. The van der Waals surface area contributed by atoms with Crippen LogP contribution in [0.25, 0.3) is 0 Å². The number of hydrogen-bond acceptors (Lipinski definition) is 4. The molecule has 1 heterocycles. The maximum atomic E-state index is 13.6. The molecule has 1 aromatic heterocycles. The molecule has 2 N–H and O–H groups in total. The zero-order valence-corrected chi connectivity index (χ0v) is 16.1. The van der Waals surface area contributed by atoms with Crippen molar-refractivity contribution in [2.75, 3.05) is 11.9 Å². The molecule has 3 aromatic rings. The lowest BCUT2D eigenvalue weighted by Gasteiger charge is -2.09. The molecule has 7 heteroatoms. The number of carbonyl (C=O) groups is 1. The Balaban J connectivity index is 1.59. The second-order valence-corrected chi connectivity index (χ2v) is 6.73. The molecule has 0 aliphatic heterocycles. The Hall–Kier alpha value is -2.99. The molecule has 0 radical (unpaired) electrons. The first-order valence-corrected chi connectivity index (χ1v) is 9.24. The first kappa shape index (κ1) is 19.8. The first-order valence-electron chi connectivity index (χ1n) is 8.87. The minimum Gasteiger partial charge on any atom is -0.350 e. The highest BCUT2D eigenvalue weighted by Crippen LogP contribution is 2.12. The molecule has 5 nitrogen and oxygen atoms in total. The van der Waals surface area contributed by atoms with Crippen LogP contribution in [0.4, 0.5) is 10.3 Å². The number of nitrogens with one attached hydrogen (secondary N) is 2. The van der Waals surface area contributed by atoms with Crippen molar-refractivity contribution in [1.29, 1.82) is 0 Å². The Labute approximate surface area is 168 Å². The van der Waals surface area contributed by atoms with Crippen molar-refractivity contribution < 1.29 is 9.18 Å². The highest BCUT2D eigenvalue weighted by atomic mass is 35.5. The fourth-order valence-corrected chi connectivity index (χ4v) is 2.78. The van der Waals surface area contributed by atoms with Crippen LogP contribution in [0.5, 0.6) is 0 Å². The Kier molecular flexibility index (Phi) is 6.55. The van der Waals surface area contributed by atoms with Crippen molar-refractivity contribution in [2.24, 2.45) is 0 Å². The second kappa shape index (κ2) is 9.28. The smallest absolute Gasteiger partial charge is 0.270 e. The van der Waals surface area contributed by atoms with Gasteiger partial charge < -0.3 is 10.6 Å². The van der Waals surface area contributed by atoms with Gasteiger partial charge in [0, 0.05) is 23.8 Å². The van der Waals surface area contributed by atoms with E-state index >= 15 is 0 Å². The summed E-state index contributed by atoms with van der Waals surface area (Å²) in [6.07, 6.45) is 0.407. The van der Waals surface area contributed by atoms with Gasteiger partial charge in [-0.2, -0.15) is 0 Å². The first-order chi connectivity index (χ1) is 13.5. The van der Waals surface area contributed by atoms with E-state index in [0.717, 1.165) is 5.56 Å². The van der Waals surface area contributed by atoms with Crippen LogP contribution in [0, 0.1) is 12.7 Å². The summed E-state index contributed by atoms with van der Waals surface area (Å²) in [4.78, 5) is 21.0. The largest absolute Gasteiger partial charge is 0.350 e. The maximum Gasteiger partial charge on any atom is 0.270 e. The molecule has 3 rings (SSSR count). The Morgan fingerprint density at radius 2 is 1.86 bits per heavy atom. The van der Waals surface area contributed by atoms with Gasteiger partial charge in [0.25, 0.3) is 5.91 Å². The molecular weight excluding hydrogens is 379 g/mol. The summed E-state index contributed by atoms with van der Waals surface area (Å²) in [5.74, 6) is -0.228. The molecule has 0 fully saturated rings. The second-order valence-electron chi connectivity index (χ2n) is 6.30. The summed E-state index contributed by atoms with van der Waals surface area (Å²) >= 11 is 5.88. The molecule has 0 saturated heterocycles. The lowest BCUT2D eigenvalue weighted by atomic mass is 10.1. The van der Waals surface area contributed by atoms with E-state index in [0.29, 0.717) is 41.7 Å². The number of rotatable bonds is 7. The summed E-state index contributed by atoms with van der Waals surface area (Å²) in [5, 5.41) is 6.55. The molecule has 0 saturated carbocycles. The van der Waals surface area contributed by atoms with Gasteiger partial charge in [0.05, 0.1) is 0 Å². The lowest BCUT2D eigenvalue weighted by Crippen LogP contribution is -2.27. The quantitative estimate of drug-likeness (QED) is 0.627. The van der Waals surface area contributed by atoms with Crippen molar-refractivity contribution in [1.82, 2.24) is 15.3 Å². The summed E-state index contributed by atoms with van der Waals surface area (Å²) in [7, 11) is 0. The van der Waals surface area contributed by atoms with Gasteiger partial charge in [0.2, 0.25) is 5.95 Å². The number of halogens is 2. The third kappa shape index (κ3) is 5.50. The van der Waals surface area contributed by atoms with Crippen molar-refractivity contribution in [2.45, 2.75) is 19.9 Å². The molecule has 0 bridgehead atoms. The summed E-state index contributed by atoms with van der Waals surface area (Å²) in [5.41, 5.74) is 2.52. The highest BCUT2D eigenvalue weighted by Gasteiger charge is 2.11. The highest BCUT2D eigenvalue weighted by molar-refractivity contribution is 6.30. The van der Waals surface area contributed by atoms with E-state index in [1.54, 1.807) is 31.2 Å². The van der Waals surface area contributed by atoms with Gasteiger partial charge in [-0.3, -0.25) is 4.79 Å². The molecular formula is C21H20ClFN4O. The predicted molar refractivity (Wildman–Crippen MR) is 108 cm³/mol. The van der Waals surface area contributed by atoms with Crippen molar-refractivity contribution >= 4 is 23.5 Å². The maximum absolute atomic E-state index is 13.6. The van der Waals surface area contributed by atoms with Gasteiger partial charge in [-0.1, -0.05) is 41.9 Å². The zero-order chi connectivity index (χ0) is 19.9. The number of aryl methyl sites for hydroxylation is 1. The Morgan fingerprint density at radius 1 is 1.11 bits per heavy atom. The molecule has 0 atom stereocenters. The molecule has 0 unspecified atom stereocenters. The van der Waals surface area contributed by atoms with Gasteiger partial charge in [0.15, 0.2) is 0 Å². The van der Waals surface area contributed by atoms with Gasteiger partial charge in [-0.25, -0.2) is 14.4 Å². The predicted octanol–water partition coefficient (Wildman–Crippen LogP) is 4.16. The monoisotopic (exact) mass is 398 g/mol. The van der Waals surface area contributed by atoms with Crippen molar-refractivity contribution in [3.63, 3.8) is 0 Å². The average Bonchev–Trinajstić information content (AvgIpc) is 2.68. The number of amides is 1. The molecule has 144 valence electrons. The van der Waals surface area contributed by atoms with E-state index in [9.17, 15) is 9.18 Å². The topological polar surface area (TPSA) is 66.9 Å². The minimum atomic E-state index is -0.323. The molecule has 0 spiro atoms. The fraction of sp³-hybridized carbons (Fsp3) is 0.190. The van der Waals surface area contributed by atoms with Crippen LogP contribution in [-0.2, 0) is 13.0 Å². The van der Waals surface area contributed by atoms with Gasteiger partial charge in [-0.15, -0.1) is 0 Å². The number of hydrogen-bond donors (Lipinski definition) is 2. The van der Waals surface area contributed by atoms with Crippen LogP contribution >= 0.6 is 11.6 Å². The van der Waals surface area contributed by atoms with E-state index in [1.807, 2.05) is 24.3 Å². The Bertz CT molecular complexity index is 963. The molecule has 0 aliphatic carbocycles. The number of carbonyl (C=O) groups excluding carboxylic acids is 1. The molecule has 2 aromatic carbocycles. The van der Waals surface area contributed by atoms with E-state index in [4.69, 9.17) is 11.6 Å². The van der Waals surface area contributed by atoms with Crippen LogP contribution in [0.3, 0.4) is 0 Å². The van der Waals surface area contributed by atoms with E-state index in [-0.39, 0.29) is 17.4 Å². The summed E-state index contributed by atoms with van der Waals surface area (Å²) in [6.45, 7) is 2.62. The number of anilines is 1. The summed E-state index contributed by atoms with van der Waals surface area (Å²) < 4.78 is 13.6. The fourth-order valence-electron chi connectivity index (χ4n) is 2.65. The van der Waals surface area contributed by atoms with Gasteiger partial charge in [-0.05, 0) is 48.7 Å². The lowest BCUT2D eigenvalue weighted by molar-refractivity contribution is 0.0949. The van der Waals surface area contributed by atoms with Crippen molar-refractivity contribution in [3.8, 4) is 0 Å². The van der Waals surface area contributed by atoms with Crippen LogP contribution < -0.4 is 10.6 Å². The average molecular weight is 399 g/mol. The Morgan fingerprint density at radius 3 is 2.61 bits per heavy atom. The number of benzene rings is 2. The summed E-state index contributed by atoms with van der Waals surface area (Å²) in [6, 6.07) is 15.6. The van der Waals surface area contributed by atoms with Crippen molar-refractivity contribution in [3.05, 3.63) is 88.0 Å². The molecule has 1 amide bonds. The normalized spacial score (nSPS) is 10.5. The third-order valence-corrected chi connectivity index (χ3v) is 4.34. The van der Waals surface area contributed by atoms with E-state index < -0.39 is 0 Å². The van der Waals surface area contributed by atoms with Crippen LogP contribution in [0.2, 0.25) is 5.02 Å². The zero-order valence-electron chi connectivity index (χ0n) is 15.4. The molecule has 28 heavy (non-hydrogen) atoms.